The van der Waals surface area contributed by atoms with Gasteiger partial charge >= 0.3 is 0 Å². The van der Waals surface area contributed by atoms with Crippen molar-refractivity contribution in [2.45, 2.75) is 0 Å². The van der Waals surface area contributed by atoms with Gasteiger partial charge in [-0.2, -0.15) is 0 Å². The Labute approximate surface area is 156 Å². The summed E-state index contributed by atoms with van der Waals surface area (Å²) in [5, 5.41) is 0. The van der Waals surface area contributed by atoms with Crippen LogP contribution in [-0.4, -0.2) is 16.1 Å². The molecule has 128 valence electrons. The predicted molar refractivity (Wildman–Crippen MR) is 105 cm³/mol. The number of hydrogen-bond donors (Lipinski definition) is 0. The number of ketones is 2. The van der Waals surface area contributed by atoms with E-state index >= 15 is 0 Å². The van der Waals surface area contributed by atoms with Crippen molar-refractivity contribution in [3.8, 4) is 16.9 Å². The molecule has 1 heterocycles. The fourth-order valence-electron chi connectivity index (χ4n) is 3.73. The predicted octanol–water partition coefficient (Wildman–Crippen LogP) is 4.92. The molecule has 0 saturated carbocycles. The Balaban J connectivity index is 1.86. The summed E-state index contributed by atoms with van der Waals surface area (Å²) in [6.07, 6.45) is 0. The third kappa shape index (κ3) is 2.29. The summed E-state index contributed by atoms with van der Waals surface area (Å²) in [4.78, 5) is 26.4. The second-order valence-electron chi connectivity index (χ2n) is 6.53. The van der Waals surface area contributed by atoms with Gasteiger partial charge in [-0.1, -0.05) is 72.8 Å². The van der Waals surface area contributed by atoms with Crippen LogP contribution < -0.4 is 0 Å². The lowest BCUT2D eigenvalue weighted by Gasteiger charge is -2.18. The molecule has 0 N–H and O–H groups in total. The summed E-state index contributed by atoms with van der Waals surface area (Å²) in [6, 6.07) is 28.4. The summed E-state index contributed by atoms with van der Waals surface area (Å²) in [5.41, 5.74) is 4.48. The van der Waals surface area contributed by atoms with Gasteiger partial charge in [-0.15, -0.1) is 0 Å². The minimum atomic E-state index is -0.119. The van der Waals surface area contributed by atoms with Gasteiger partial charge in [-0.05, 0) is 23.8 Å². The lowest BCUT2D eigenvalue weighted by Crippen LogP contribution is -2.22. The highest BCUT2D eigenvalue weighted by Crippen LogP contribution is 2.35. The first-order chi connectivity index (χ1) is 13.3. The Morgan fingerprint density at radius 3 is 1.78 bits per heavy atom. The quantitative estimate of drug-likeness (QED) is 0.454. The van der Waals surface area contributed by atoms with E-state index in [0.29, 0.717) is 22.4 Å². The summed E-state index contributed by atoms with van der Waals surface area (Å²) >= 11 is 0. The molecule has 0 bridgehead atoms. The lowest BCUT2D eigenvalue weighted by atomic mass is 9.88. The lowest BCUT2D eigenvalue weighted by molar-refractivity contribution is 0.0975. The number of benzene rings is 3. The molecule has 5 rings (SSSR count). The molecule has 0 amide bonds. The van der Waals surface area contributed by atoms with Crippen molar-refractivity contribution in [1.29, 1.82) is 0 Å². The second-order valence-corrected chi connectivity index (χ2v) is 6.53. The molecule has 0 aliphatic heterocycles. The van der Waals surface area contributed by atoms with Gasteiger partial charge in [0.05, 0.1) is 11.3 Å². The zero-order valence-electron chi connectivity index (χ0n) is 14.4. The highest BCUT2D eigenvalue weighted by atomic mass is 16.1. The number of nitrogens with zero attached hydrogens (tertiary/aromatic N) is 1. The Morgan fingerprint density at radius 1 is 0.556 bits per heavy atom. The molecule has 3 nitrogen and oxygen atoms in total. The fourth-order valence-corrected chi connectivity index (χ4v) is 3.73. The Bertz CT molecular complexity index is 1190. The summed E-state index contributed by atoms with van der Waals surface area (Å²) in [5.74, 6) is -0.224. The summed E-state index contributed by atoms with van der Waals surface area (Å²) in [6.45, 7) is 0. The zero-order valence-corrected chi connectivity index (χ0v) is 14.4. The standard InChI is InChI=1S/C24H15NO2/c26-23-18-13-7-8-14-19(18)24(27)22-20(23)15-21(16-9-3-1-4-10-16)25(22)17-11-5-2-6-12-17/h1-15H. The van der Waals surface area contributed by atoms with Crippen LogP contribution in [0.5, 0.6) is 0 Å². The number of hydrogen-bond acceptors (Lipinski definition) is 2. The molecule has 3 heteroatoms. The normalized spacial score (nSPS) is 12.6. The van der Waals surface area contributed by atoms with Crippen molar-refractivity contribution in [1.82, 2.24) is 4.57 Å². The smallest absolute Gasteiger partial charge is 0.211 e. The molecule has 4 aromatic rings. The van der Waals surface area contributed by atoms with Crippen LogP contribution in [-0.2, 0) is 0 Å². The highest BCUT2D eigenvalue weighted by molar-refractivity contribution is 6.28. The first-order valence-corrected chi connectivity index (χ1v) is 8.81. The zero-order chi connectivity index (χ0) is 18.4. The van der Waals surface area contributed by atoms with Gasteiger partial charge in [0.25, 0.3) is 0 Å². The van der Waals surface area contributed by atoms with E-state index in [2.05, 4.69) is 0 Å². The van der Waals surface area contributed by atoms with Crippen LogP contribution in [0.1, 0.15) is 32.0 Å². The molecule has 0 unspecified atom stereocenters. The Morgan fingerprint density at radius 2 is 1.11 bits per heavy atom. The molecule has 0 spiro atoms. The monoisotopic (exact) mass is 349 g/mol. The molecule has 1 aromatic heterocycles. The number of aromatic nitrogens is 1. The van der Waals surface area contributed by atoms with Crippen LogP contribution in [0.15, 0.2) is 91.0 Å². The van der Waals surface area contributed by atoms with E-state index in [1.165, 1.54) is 0 Å². The Hall–Kier alpha value is -3.72. The molecule has 3 aromatic carbocycles. The van der Waals surface area contributed by atoms with Crippen molar-refractivity contribution in [2.24, 2.45) is 0 Å². The van der Waals surface area contributed by atoms with Crippen LogP contribution >= 0.6 is 0 Å². The number of rotatable bonds is 2. The van der Waals surface area contributed by atoms with Gasteiger partial charge in [-0.3, -0.25) is 9.59 Å². The Kier molecular flexibility index (Phi) is 3.41. The van der Waals surface area contributed by atoms with E-state index in [9.17, 15) is 9.59 Å². The molecule has 1 aliphatic rings. The molecular formula is C24H15NO2. The topological polar surface area (TPSA) is 39.1 Å². The van der Waals surface area contributed by atoms with E-state index in [0.717, 1.165) is 16.9 Å². The van der Waals surface area contributed by atoms with E-state index < -0.39 is 0 Å². The minimum absolute atomic E-state index is 0.105. The van der Waals surface area contributed by atoms with E-state index in [4.69, 9.17) is 0 Å². The van der Waals surface area contributed by atoms with E-state index in [-0.39, 0.29) is 11.6 Å². The van der Waals surface area contributed by atoms with Crippen molar-refractivity contribution >= 4 is 11.6 Å². The SMILES string of the molecule is O=C1c2ccccc2C(=O)c2c1cc(-c1ccccc1)n2-c1ccccc1. The van der Waals surface area contributed by atoms with Gasteiger partial charge in [-0.25, -0.2) is 0 Å². The van der Waals surface area contributed by atoms with Crippen LogP contribution in [0.3, 0.4) is 0 Å². The largest absolute Gasteiger partial charge is 0.306 e. The number of para-hydroxylation sites is 1. The van der Waals surface area contributed by atoms with Gasteiger partial charge in [0, 0.05) is 16.8 Å². The third-order valence-electron chi connectivity index (χ3n) is 4.96. The van der Waals surface area contributed by atoms with Crippen molar-refractivity contribution < 1.29 is 9.59 Å². The number of carbonyl (C=O) groups excluding carboxylic acids is 2. The first kappa shape index (κ1) is 15.5. The molecule has 0 saturated heterocycles. The highest BCUT2D eigenvalue weighted by Gasteiger charge is 2.34. The van der Waals surface area contributed by atoms with Crippen molar-refractivity contribution in [2.75, 3.05) is 0 Å². The molecule has 1 aliphatic carbocycles. The van der Waals surface area contributed by atoms with E-state index in [1.54, 1.807) is 24.3 Å². The maximum Gasteiger partial charge on any atom is 0.211 e. The average Bonchev–Trinajstić information content (AvgIpc) is 3.14. The van der Waals surface area contributed by atoms with Crippen LogP contribution in [0, 0.1) is 0 Å². The maximum absolute atomic E-state index is 13.3. The third-order valence-corrected chi connectivity index (χ3v) is 4.96. The fraction of sp³-hybridized carbons (Fsp3) is 0. The van der Waals surface area contributed by atoms with Gasteiger partial charge in [0.2, 0.25) is 5.78 Å². The first-order valence-electron chi connectivity index (χ1n) is 8.81. The summed E-state index contributed by atoms with van der Waals surface area (Å²) in [7, 11) is 0. The molecular weight excluding hydrogens is 334 g/mol. The number of carbonyl (C=O) groups is 2. The summed E-state index contributed by atoms with van der Waals surface area (Å²) < 4.78 is 1.90. The van der Waals surface area contributed by atoms with Crippen molar-refractivity contribution in [3.05, 3.63) is 113 Å². The molecule has 0 radical (unpaired) electrons. The molecule has 27 heavy (non-hydrogen) atoms. The second kappa shape index (κ2) is 5.92. The van der Waals surface area contributed by atoms with Gasteiger partial charge in [0.15, 0.2) is 5.78 Å². The maximum atomic E-state index is 13.3. The van der Waals surface area contributed by atoms with Crippen LogP contribution in [0.4, 0.5) is 0 Å². The van der Waals surface area contributed by atoms with Crippen LogP contribution in [0.2, 0.25) is 0 Å². The van der Waals surface area contributed by atoms with E-state index in [1.807, 2.05) is 71.3 Å². The van der Waals surface area contributed by atoms with Crippen molar-refractivity contribution in [3.63, 3.8) is 0 Å². The molecule has 0 atom stereocenters. The van der Waals surface area contributed by atoms with Gasteiger partial charge in [0.1, 0.15) is 5.69 Å². The number of fused-ring (bicyclic) bond motifs is 2. The molecule has 0 fully saturated rings. The van der Waals surface area contributed by atoms with Gasteiger partial charge < -0.3 is 4.57 Å². The average molecular weight is 349 g/mol. The van der Waals surface area contributed by atoms with Crippen LogP contribution in [0.25, 0.3) is 16.9 Å². The minimum Gasteiger partial charge on any atom is -0.306 e.